The number of rotatable bonds is 5. The normalized spacial score (nSPS) is 20.9. The Kier molecular flexibility index (Phi) is 5.90. The Morgan fingerprint density at radius 2 is 1.76 bits per heavy atom. The molecule has 1 heterocycles. The Balaban J connectivity index is 1.62. The summed E-state index contributed by atoms with van der Waals surface area (Å²) in [5.41, 5.74) is 1.64. The van der Waals surface area contributed by atoms with E-state index >= 15 is 0 Å². The highest BCUT2D eigenvalue weighted by molar-refractivity contribution is 5.54. The van der Waals surface area contributed by atoms with Gasteiger partial charge < -0.3 is 0 Å². The third-order valence-electron chi connectivity index (χ3n) is 4.96. The first-order valence-electron chi connectivity index (χ1n) is 9.11. The van der Waals surface area contributed by atoms with Gasteiger partial charge in [-0.15, -0.1) is 0 Å². The molecule has 0 spiro atoms. The van der Waals surface area contributed by atoms with Gasteiger partial charge in [0.2, 0.25) is 0 Å². The zero-order chi connectivity index (χ0) is 17.6. The summed E-state index contributed by atoms with van der Waals surface area (Å²) in [6, 6.07) is 3.74. The van der Waals surface area contributed by atoms with E-state index in [1.807, 2.05) is 12.4 Å². The van der Waals surface area contributed by atoms with Crippen molar-refractivity contribution < 1.29 is 8.78 Å². The predicted molar refractivity (Wildman–Crippen MR) is 96.1 cm³/mol. The van der Waals surface area contributed by atoms with E-state index in [4.69, 9.17) is 0 Å². The van der Waals surface area contributed by atoms with Crippen molar-refractivity contribution in [2.45, 2.75) is 51.4 Å². The van der Waals surface area contributed by atoms with Gasteiger partial charge in [-0.25, -0.2) is 18.7 Å². The molecular formula is C21H24F2N2. The van der Waals surface area contributed by atoms with Gasteiger partial charge in [-0.3, -0.25) is 0 Å². The van der Waals surface area contributed by atoms with Crippen LogP contribution in [0.4, 0.5) is 8.78 Å². The van der Waals surface area contributed by atoms with Crippen LogP contribution in [0.25, 0.3) is 11.4 Å². The van der Waals surface area contributed by atoms with Crippen LogP contribution in [0, 0.1) is 17.6 Å². The minimum absolute atomic E-state index is 0.429. The molecule has 0 saturated heterocycles. The van der Waals surface area contributed by atoms with E-state index in [0.717, 1.165) is 30.5 Å². The topological polar surface area (TPSA) is 25.8 Å². The number of unbranched alkanes of at least 4 members (excludes halogenated alkanes) is 1. The van der Waals surface area contributed by atoms with Crippen molar-refractivity contribution >= 4 is 0 Å². The van der Waals surface area contributed by atoms with Crippen LogP contribution in [-0.4, -0.2) is 9.97 Å². The fourth-order valence-corrected chi connectivity index (χ4v) is 3.43. The lowest BCUT2D eigenvalue weighted by molar-refractivity contribution is 0.374. The molecule has 0 N–H and O–H groups in total. The highest BCUT2D eigenvalue weighted by Crippen LogP contribution is 2.36. The molecule has 1 aromatic heterocycles. The van der Waals surface area contributed by atoms with Gasteiger partial charge in [0.1, 0.15) is 0 Å². The highest BCUT2D eigenvalue weighted by atomic mass is 19.2. The van der Waals surface area contributed by atoms with Gasteiger partial charge in [0.25, 0.3) is 0 Å². The van der Waals surface area contributed by atoms with Crippen LogP contribution in [-0.2, 0) is 0 Å². The summed E-state index contributed by atoms with van der Waals surface area (Å²) >= 11 is 0. The van der Waals surface area contributed by atoms with E-state index < -0.39 is 11.6 Å². The van der Waals surface area contributed by atoms with Crippen molar-refractivity contribution in [2.24, 2.45) is 5.92 Å². The van der Waals surface area contributed by atoms with Gasteiger partial charge in [0.05, 0.1) is 0 Å². The number of hydrogen-bond donors (Lipinski definition) is 0. The molecule has 0 atom stereocenters. The van der Waals surface area contributed by atoms with Crippen LogP contribution in [0.3, 0.4) is 0 Å². The lowest BCUT2D eigenvalue weighted by Gasteiger charge is -2.26. The predicted octanol–water partition coefficient (Wildman–Crippen LogP) is 6.05. The summed E-state index contributed by atoms with van der Waals surface area (Å²) in [7, 11) is 0. The van der Waals surface area contributed by atoms with Crippen molar-refractivity contribution in [3.05, 3.63) is 59.9 Å². The number of hydrogen-bond acceptors (Lipinski definition) is 2. The van der Waals surface area contributed by atoms with Gasteiger partial charge in [0, 0.05) is 18.0 Å². The maximum absolute atomic E-state index is 13.3. The monoisotopic (exact) mass is 342 g/mol. The second-order valence-electron chi connectivity index (χ2n) is 6.80. The van der Waals surface area contributed by atoms with Crippen LogP contribution < -0.4 is 0 Å². The molecule has 2 nitrogen and oxygen atoms in total. The SMILES string of the molecule is CCCC=CC1CCC(c2cnc(-c3ccc(F)c(F)c3)nc2)CC1. The molecule has 132 valence electrons. The molecule has 0 unspecified atom stereocenters. The van der Waals surface area contributed by atoms with Crippen LogP contribution in [0.2, 0.25) is 0 Å². The third-order valence-corrected chi connectivity index (χ3v) is 4.96. The molecular weight excluding hydrogens is 318 g/mol. The summed E-state index contributed by atoms with van der Waals surface area (Å²) in [5.74, 6) is -0.108. The Bertz CT molecular complexity index is 717. The van der Waals surface area contributed by atoms with Crippen molar-refractivity contribution in [2.75, 3.05) is 0 Å². The zero-order valence-corrected chi connectivity index (χ0v) is 14.6. The first kappa shape index (κ1) is 17.7. The van der Waals surface area contributed by atoms with E-state index in [9.17, 15) is 8.78 Å². The maximum atomic E-state index is 13.3. The quantitative estimate of drug-likeness (QED) is 0.618. The van der Waals surface area contributed by atoms with Crippen LogP contribution in [0.1, 0.15) is 56.9 Å². The molecule has 1 aliphatic rings. The molecule has 4 heteroatoms. The molecule has 3 rings (SSSR count). The molecule has 1 aromatic carbocycles. The fraction of sp³-hybridized carbons (Fsp3) is 0.429. The van der Waals surface area contributed by atoms with Gasteiger partial charge in [-0.1, -0.05) is 25.5 Å². The second kappa shape index (κ2) is 8.32. The molecule has 1 aliphatic carbocycles. The van der Waals surface area contributed by atoms with Crippen molar-refractivity contribution in [1.29, 1.82) is 0 Å². The Labute approximate surface area is 148 Å². The van der Waals surface area contributed by atoms with E-state index in [1.165, 1.54) is 31.7 Å². The molecule has 25 heavy (non-hydrogen) atoms. The fourth-order valence-electron chi connectivity index (χ4n) is 3.43. The summed E-state index contributed by atoms with van der Waals surface area (Å²) in [6.45, 7) is 2.20. The first-order chi connectivity index (χ1) is 12.2. The average molecular weight is 342 g/mol. The highest BCUT2D eigenvalue weighted by Gasteiger charge is 2.21. The standard InChI is InChI=1S/C21H24F2N2/c1-2-3-4-5-15-6-8-16(9-7-15)18-13-24-21(25-14-18)17-10-11-19(22)20(23)12-17/h4-5,10-16H,2-3,6-9H2,1H3. The van der Waals surface area contributed by atoms with Crippen LogP contribution in [0.5, 0.6) is 0 Å². The van der Waals surface area contributed by atoms with Gasteiger partial charge in [0.15, 0.2) is 17.5 Å². The summed E-state index contributed by atoms with van der Waals surface area (Å²) in [4.78, 5) is 8.72. The summed E-state index contributed by atoms with van der Waals surface area (Å²) < 4.78 is 26.4. The largest absolute Gasteiger partial charge is 0.236 e. The lowest BCUT2D eigenvalue weighted by Crippen LogP contribution is -2.12. The van der Waals surface area contributed by atoms with Gasteiger partial charge >= 0.3 is 0 Å². The van der Waals surface area contributed by atoms with Gasteiger partial charge in [-0.2, -0.15) is 0 Å². The molecule has 1 fully saturated rings. The molecule has 0 radical (unpaired) electrons. The molecule has 0 amide bonds. The smallest absolute Gasteiger partial charge is 0.159 e. The molecule has 0 aliphatic heterocycles. The van der Waals surface area contributed by atoms with Crippen molar-refractivity contribution in [3.63, 3.8) is 0 Å². The van der Waals surface area contributed by atoms with Gasteiger partial charge in [-0.05, 0) is 67.7 Å². The molecule has 0 bridgehead atoms. The van der Waals surface area contributed by atoms with E-state index in [1.54, 1.807) is 0 Å². The van der Waals surface area contributed by atoms with E-state index in [2.05, 4.69) is 29.0 Å². The third kappa shape index (κ3) is 4.50. The van der Waals surface area contributed by atoms with Crippen molar-refractivity contribution in [3.8, 4) is 11.4 Å². The number of halogens is 2. The zero-order valence-electron chi connectivity index (χ0n) is 14.6. The first-order valence-corrected chi connectivity index (χ1v) is 9.11. The Hall–Kier alpha value is -2.10. The molecule has 2 aromatic rings. The van der Waals surface area contributed by atoms with Crippen LogP contribution in [0.15, 0.2) is 42.7 Å². The minimum atomic E-state index is -0.875. The van der Waals surface area contributed by atoms with E-state index in [0.29, 0.717) is 23.2 Å². The minimum Gasteiger partial charge on any atom is -0.236 e. The summed E-state index contributed by atoms with van der Waals surface area (Å²) in [6.07, 6.45) is 15.4. The van der Waals surface area contributed by atoms with Crippen molar-refractivity contribution in [1.82, 2.24) is 9.97 Å². The lowest BCUT2D eigenvalue weighted by atomic mass is 9.79. The Morgan fingerprint density at radius 3 is 2.40 bits per heavy atom. The Morgan fingerprint density at radius 1 is 1.04 bits per heavy atom. The summed E-state index contributed by atoms with van der Waals surface area (Å²) in [5, 5.41) is 0. The number of aromatic nitrogens is 2. The second-order valence-corrected chi connectivity index (χ2v) is 6.80. The van der Waals surface area contributed by atoms with E-state index in [-0.39, 0.29) is 0 Å². The number of allylic oxidation sites excluding steroid dienone is 2. The average Bonchev–Trinajstić information content (AvgIpc) is 2.65. The maximum Gasteiger partial charge on any atom is 0.159 e. The molecule has 1 saturated carbocycles. The number of benzene rings is 1. The van der Waals surface area contributed by atoms with Crippen LogP contribution >= 0.6 is 0 Å². The number of nitrogens with zero attached hydrogens (tertiary/aromatic N) is 2.